The van der Waals surface area contributed by atoms with Gasteiger partial charge in [-0.3, -0.25) is 9.48 Å². The fourth-order valence-corrected chi connectivity index (χ4v) is 4.36. The number of rotatable bonds is 2. The molecule has 2 bridgehead atoms. The highest BCUT2D eigenvalue weighted by Gasteiger charge is 2.37. The Hall–Kier alpha value is -1.95. The van der Waals surface area contributed by atoms with Crippen LogP contribution in [0.3, 0.4) is 0 Å². The van der Waals surface area contributed by atoms with E-state index in [-0.39, 0.29) is 17.6 Å². The van der Waals surface area contributed by atoms with Gasteiger partial charge in [0.2, 0.25) is 0 Å². The van der Waals surface area contributed by atoms with E-state index in [0.29, 0.717) is 17.5 Å². The maximum atomic E-state index is 13.6. The van der Waals surface area contributed by atoms with Crippen molar-refractivity contribution in [1.29, 1.82) is 0 Å². The van der Waals surface area contributed by atoms with Crippen LogP contribution in [0.15, 0.2) is 18.2 Å². The summed E-state index contributed by atoms with van der Waals surface area (Å²) in [5.41, 5.74) is 6.41. The van der Waals surface area contributed by atoms with Crippen molar-refractivity contribution in [2.75, 3.05) is 7.05 Å². The van der Waals surface area contributed by atoms with E-state index in [2.05, 4.69) is 17.0 Å². The molecule has 6 heteroatoms. The van der Waals surface area contributed by atoms with Gasteiger partial charge in [-0.05, 0) is 50.9 Å². The van der Waals surface area contributed by atoms with Crippen LogP contribution in [-0.2, 0) is 0 Å². The highest BCUT2D eigenvalue weighted by Crippen LogP contribution is 2.39. The highest BCUT2D eigenvalue weighted by atomic mass is 19.1. The van der Waals surface area contributed by atoms with Gasteiger partial charge in [-0.1, -0.05) is 6.42 Å². The van der Waals surface area contributed by atoms with Crippen molar-refractivity contribution in [3.63, 3.8) is 0 Å². The summed E-state index contributed by atoms with van der Waals surface area (Å²) < 4.78 is 15.5. The van der Waals surface area contributed by atoms with Crippen molar-refractivity contribution in [2.45, 2.75) is 50.2 Å². The third kappa shape index (κ3) is 2.32. The first kappa shape index (κ1) is 14.6. The maximum absolute atomic E-state index is 13.6. The zero-order chi connectivity index (χ0) is 16.1. The van der Waals surface area contributed by atoms with Crippen molar-refractivity contribution in [3.8, 4) is 0 Å². The summed E-state index contributed by atoms with van der Waals surface area (Å²) in [5.74, 6) is -0.979. The minimum atomic E-state index is -0.604. The van der Waals surface area contributed by atoms with Crippen molar-refractivity contribution >= 4 is 16.8 Å². The Morgan fingerprint density at radius 2 is 1.96 bits per heavy atom. The molecule has 23 heavy (non-hydrogen) atoms. The summed E-state index contributed by atoms with van der Waals surface area (Å²) in [4.78, 5) is 14.2. The molecule has 4 rings (SSSR count). The van der Waals surface area contributed by atoms with Crippen molar-refractivity contribution in [2.24, 2.45) is 5.73 Å². The lowest BCUT2D eigenvalue weighted by Crippen LogP contribution is -2.50. The van der Waals surface area contributed by atoms with E-state index in [1.165, 1.54) is 31.4 Å². The van der Waals surface area contributed by atoms with Crippen LogP contribution in [0.1, 0.15) is 48.6 Å². The molecule has 2 N–H and O–H groups in total. The second-order valence-corrected chi connectivity index (χ2v) is 6.85. The Bertz CT molecular complexity index is 757. The highest BCUT2D eigenvalue weighted by molar-refractivity contribution is 6.04. The van der Waals surface area contributed by atoms with Gasteiger partial charge in [0.15, 0.2) is 5.69 Å². The van der Waals surface area contributed by atoms with Gasteiger partial charge in [0, 0.05) is 17.5 Å². The molecule has 0 spiro atoms. The number of aromatic nitrogens is 2. The van der Waals surface area contributed by atoms with Gasteiger partial charge in [0.25, 0.3) is 5.91 Å². The number of carbonyl (C=O) groups is 1. The van der Waals surface area contributed by atoms with Crippen LogP contribution < -0.4 is 5.73 Å². The van der Waals surface area contributed by atoms with Crippen LogP contribution in [0.5, 0.6) is 0 Å². The standard InChI is InChI=1S/C17H21FN4O/c1-21-11-3-2-4-12(21)9-13(8-11)22-15-6-5-10(18)7-14(15)16(20-22)17(19)23/h5-7,11-13H,2-4,8-9H2,1H3,(H2,19,23). The summed E-state index contributed by atoms with van der Waals surface area (Å²) >= 11 is 0. The van der Waals surface area contributed by atoms with Crippen LogP contribution in [0, 0.1) is 5.82 Å². The second-order valence-electron chi connectivity index (χ2n) is 6.85. The predicted octanol–water partition coefficient (Wildman–Crippen LogP) is 2.46. The molecule has 0 radical (unpaired) electrons. The number of nitrogens with two attached hydrogens (primary N) is 1. The molecule has 5 nitrogen and oxygen atoms in total. The molecule has 3 heterocycles. The maximum Gasteiger partial charge on any atom is 0.269 e. The number of hydrogen-bond donors (Lipinski definition) is 1. The topological polar surface area (TPSA) is 64.2 Å². The van der Waals surface area contributed by atoms with E-state index in [0.717, 1.165) is 18.4 Å². The van der Waals surface area contributed by atoms with Gasteiger partial charge in [0.1, 0.15) is 5.82 Å². The SMILES string of the molecule is CN1C2CCCC1CC(n1nc(C(N)=O)c3cc(F)ccc31)C2. The van der Waals surface area contributed by atoms with E-state index in [9.17, 15) is 9.18 Å². The Morgan fingerprint density at radius 1 is 1.26 bits per heavy atom. The zero-order valence-corrected chi connectivity index (χ0v) is 13.2. The second kappa shape index (κ2) is 5.30. The summed E-state index contributed by atoms with van der Waals surface area (Å²) in [7, 11) is 2.20. The quantitative estimate of drug-likeness (QED) is 0.925. The molecule has 2 unspecified atom stereocenters. The third-order valence-corrected chi connectivity index (χ3v) is 5.56. The van der Waals surface area contributed by atoms with Gasteiger partial charge in [-0.15, -0.1) is 0 Å². The molecule has 2 atom stereocenters. The van der Waals surface area contributed by atoms with Gasteiger partial charge in [-0.25, -0.2) is 4.39 Å². The molecule has 1 amide bonds. The number of primary amides is 1. The lowest BCUT2D eigenvalue weighted by Gasteiger charge is -2.47. The molecule has 0 aliphatic carbocycles. The van der Waals surface area contributed by atoms with Gasteiger partial charge >= 0.3 is 0 Å². The van der Waals surface area contributed by atoms with Gasteiger partial charge < -0.3 is 10.6 Å². The molecule has 2 aliphatic heterocycles. The lowest BCUT2D eigenvalue weighted by atomic mass is 9.82. The molecule has 2 fully saturated rings. The van der Waals surface area contributed by atoms with Gasteiger partial charge in [0.05, 0.1) is 11.6 Å². The number of carbonyl (C=O) groups excluding carboxylic acids is 1. The Morgan fingerprint density at radius 3 is 2.61 bits per heavy atom. The molecular formula is C17H21FN4O. The summed E-state index contributed by atoms with van der Waals surface area (Å²) in [6, 6.07) is 5.84. The van der Waals surface area contributed by atoms with Crippen molar-refractivity contribution < 1.29 is 9.18 Å². The smallest absolute Gasteiger partial charge is 0.269 e. The minimum absolute atomic E-state index is 0.170. The van der Waals surface area contributed by atoms with Crippen LogP contribution in [0.4, 0.5) is 4.39 Å². The van der Waals surface area contributed by atoms with E-state index in [1.807, 2.05) is 4.68 Å². The molecular weight excluding hydrogens is 295 g/mol. The van der Waals surface area contributed by atoms with Crippen molar-refractivity contribution in [3.05, 3.63) is 29.7 Å². The van der Waals surface area contributed by atoms with Gasteiger partial charge in [-0.2, -0.15) is 5.10 Å². The van der Waals surface area contributed by atoms with Crippen LogP contribution in [0.2, 0.25) is 0 Å². The first-order valence-electron chi connectivity index (χ1n) is 8.24. The Labute approximate surface area is 134 Å². The molecule has 2 aromatic rings. The molecule has 1 aromatic heterocycles. The van der Waals surface area contributed by atoms with Crippen molar-refractivity contribution in [1.82, 2.24) is 14.7 Å². The summed E-state index contributed by atoms with van der Waals surface area (Å²) in [6.07, 6.45) is 5.72. The lowest BCUT2D eigenvalue weighted by molar-refractivity contribution is 0.0379. The van der Waals surface area contributed by atoms with E-state index >= 15 is 0 Å². The Balaban J connectivity index is 1.79. The van der Waals surface area contributed by atoms with Crippen LogP contribution in [0.25, 0.3) is 10.9 Å². The van der Waals surface area contributed by atoms with Crippen LogP contribution in [-0.4, -0.2) is 39.7 Å². The average molecular weight is 316 g/mol. The number of nitrogens with zero attached hydrogens (tertiary/aromatic N) is 3. The molecule has 1 aromatic carbocycles. The number of piperidine rings is 2. The van der Waals surface area contributed by atoms with E-state index < -0.39 is 5.91 Å². The predicted molar refractivity (Wildman–Crippen MR) is 85.7 cm³/mol. The monoisotopic (exact) mass is 316 g/mol. The largest absolute Gasteiger partial charge is 0.364 e. The number of hydrogen-bond acceptors (Lipinski definition) is 3. The fraction of sp³-hybridized carbons (Fsp3) is 0.529. The Kier molecular flexibility index (Phi) is 3.37. The number of benzene rings is 1. The molecule has 0 saturated carbocycles. The first-order chi connectivity index (χ1) is 11.0. The number of fused-ring (bicyclic) bond motifs is 3. The average Bonchev–Trinajstić information content (AvgIpc) is 2.85. The number of halogens is 1. The van der Waals surface area contributed by atoms with Crippen LogP contribution >= 0.6 is 0 Å². The zero-order valence-electron chi connectivity index (χ0n) is 13.2. The molecule has 122 valence electrons. The fourth-order valence-electron chi connectivity index (χ4n) is 4.36. The normalized spacial score (nSPS) is 28.2. The first-order valence-corrected chi connectivity index (χ1v) is 8.24. The minimum Gasteiger partial charge on any atom is -0.364 e. The number of amides is 1. The molecule has 2 aliphatic rings. The summed E-state index contributed by atoms with van der Waals surface area (Å²) in [6.45, 7) is 0. The summed E-state index contributed by atoms with van der Waals surface area (Å²) in [5, 5.41) is 4.98. The third-order valence-electron chi connectivity index (χ3n) is 5.56. The van der Waals surface area contributed by atoms with E-state index in [1.54, 1.807) is 6.07 Å². The molecule has 2 saturated heterocycles. The van der Waals surface area contributed by atoms with E-state index in [4.69, 9.17) is 5.73 Å².